The Morgan fingerprint density at radius 2 is 1.88 bits per heavy atom. The molecule has 2 saturated heterocycles. The molecule has 0 unspecified atom stereocenters. The minimum absolute atomic E-state index is 0.192. The fraction of sp³-hybridized carbons (Fsp3) is 0.321. The lowest BCUT2D eigenvalue weighted by Crippen LogP contribution is -2.35. The van der Waals surface area contributed by atoms with Gasteiger partial charge in [0.05, 0.1) is 34.2 Å². The number of methoxy groups -OCH3 is 1. The second kappa shape index (κ2) is 10.8. The van der Waals surface area contributed by atoms with Gasteiger partial charge in [0.1, 0.15) is 41.7 Å². The second-order valence-corrected chi connectivity index (χ2v) is 12.1. The third-order valence-corrected chi connectivity index (χ3v) is 8.90. The van der Waals surface area contributed by atoms with E-state index in [-0.39, 0.29) is 36.2 Å². The van der Waals surface area contributed by atoms with Gasteiger partial charge in [-0.1, -0.05) is 18.2 Å². The Hall–Kier alpha value is -3.91. The Kier molecular flexibility index (Phi) is 7.20. The molecule has 2 fully saturated rings. The van der Waals surface area contributed by atoms with Gasteiger partial charge in [0.15, 0.2) is 11.9 Å². The van der Waals surface area contributed by atoms with Gasteiger partial charge in [-0.25, -0.2) is 18.1 Å². The van der Waals surface area contributed by atoms with E-state index in [9.17, 15) is 13.4 Å². The van der Waals surface area contributed by atoms with Crippen LogP contribution in [0.15, 0.2) is 70.3 Å². The third-order valence-electron chi connectivity index (χ3n) is 7.24. The van der Waals surface area contributed by atoms with Crippen LogP contribution in [0, 0.1) is 12.7 Å². The van der Waals surface area contributed by atoms with Gasteiger partial charge in [0, 0.05) is 30.5 Å². The lowest BCUT2D eigenvalue weighted by molar-refractivity contribution is -0.0138. The number of halogens is 1. The average molecular weight is 582 g/mol. The first-order valence-electron chi connectivity index (χ1n) is 12.9. The first kappa shape index (κ1) is 27.3. The molecule has 2 aliphatic rings. The summed E-state index contributed by atoms with van der Waals surface area (Å²) in [5.74, 6) is -0.524. The molecule has 0 bridgehead atoms. The summed E-state index contributed by atoms with van der Waals surface area (Å²) in [6.07, 6.45) is 3.00. The maximum absolute atomic E-state index is 14.3. The van der Waals surface area contributed by atoms with E-state index in [1.54, 1.807) is 44.4 Å². The molecular weight excluding hydrogens is 553 g/mol. The summed E-state index contributed by atoms with van der Waals surface area (Å²) in [4.78, 5) is 18.0. The highest BCUT2D eigenvalue weighted by Gasteiger charge is 2.49. The smallest absolute Gasteiger partial charge is 0.287 e. The van der Waals surface area contributed by atoms with E-state index in [0.717, 1.165) is 0 Å². The van der Waals surface area contributed by atoms with Crippen molar-refractivity contribution in [2.24, 2.45) is 4.36 Å². The predicted octanol–water partition coefficient (Wildman–Crippen LogP) is 3.78. The topological polar surface area (TPSA) is 126 Å². The minimum atomic E-state index is -2.97. The Morgan fingerprint density at radius 3 is 2.63 bits per heavy atom. The molecular formula is C28H28FN5O6S. The minimum Gasteiger partial charge on any atom is -0.483 e. The lowest BCUT2D eigenvalue weighted by Gasteiger charge is -2.20. The zero-order chi connectivity index (χ0) is 28.7. The molecule has 1 amide bonds. The Bertz CT molecular complexity index is 1740. The van der Waals surface area contributed by atoms with Crippen molar-refractivity contribution in [2.75, 3.05) is 31.9 Å². The summed E-state index contributed by atoms with van der Waals surface area (Å²) in [7, 11) is -1.37. The van der Waals surface area contributed by atoms with Crippen molar-refractivity contribution in [3.8, 4) is 5.75 Å². The number of aryl methyl sites for hydroxylation is 1. The molecule has 4 aromatic rings. The molecule has 2 aromatic heterocycles. The van der Waals surface area contributed by atoms with E-state index in [1.807, 2.05) is 0 Å². The van der Waals surface area contributed by atoms with Crippen molar-refractivity contribution in [1.82, 2.24) is 14.6 Å². The quantitative estimate of drug-likeness (QED) is 0.347. The van der Waals surface area contributed by atoms with Crippen molar-refractivity contribution in [1.29, 1.82) is 0 Å². The van der Waals surface area contributed by atoms with E-state index in [1.165, 1.54) is 41.5 Å². The van der Waals surface area contributed by atoms with Gasteiger partial charge in [-0.2, -0.15) is 9.46 Å². The van der Waals surface area contributed by atoms with Gasteiger partial charge >= 0.3 is 0 Å². The van der Waals surface area contributed by atoms with Crippen LogP contribution in [0.1, 0.15) is 15.9 Å². The second-order valence-electron chi connectivity index (χ2n) is 9.87. The summed E-state index contributed by atoms with van der Waals surface area (Å²) >= 11 is 0. The number of amides is 1. The molecule has 0 radical (unpaired) electrons. The summed E-state index contributed by atoms with van der Waals surface area (Å²) < 4.78 is 56.4. The number of fused-ring (bicyclic) bond motifs is 2. The number of nitrogens with zero attached hydrogens (tertiary/aromatic N) is 4. The van der Waals surface area contributed by atoms with Crippen molar-refractivity contribution >= 4 is 32.7 Å². The van der Waals surface area contributed by atoms with Crippen LogP contribution in [0.4, 0.5) is 15.9 Å². The van der Waals surface area contributed by atoms with E-state index in [2.05, 4.69) is 19.8 Å². The lowest BCUT2D eigenvalue weighted by atomic mass is 10.1. The molecule has 6 rings (SSSR count). The van der Waals surface area contributed by atoms with Gasteiger partial charge in [-0.15, -0.1) is 0 Å². The SMILES string of the molecule is CO[C@@H]1CO[C@H]2[C@@H]1OC[C@H]2Oc1cc(F)ccc1Nc1ncnn2cc(C(=O)N=[S@](C)(=O)c3ccccc3)c(C)c12. The highest BCUT2D eigenvalue weighted by molar-refractivity contribution is 7.93. The number of aromatic nitrogens is 3. The number of rotatable bonds is 7. The Balaban J connectivity index is 1.31. The summed E-state index contributed by atoms with van der Waals surface area (Å²) in [5, 5.41) is 7.43. The van der Waals surface area contributed by atoms with Crippen molar-refractivity contribution < 1.29 is 32.3 Å². The fourth-order valence-corrected chi connectivity index (χ4v) is 6.30. The standard InChI is InChI=1S/C28H28FN5O6S/c1-16-19(28(35)33-41(3,36)18-7-5-4-6-8-18)12-34-24(16)27(30-15-31-34)32-20-10-9-17(29)11-21(20)40-23-14-39-25-22(37-2)13-38-26(23)25/h4-12,15,22-23,25-26H,13-14H2,1-3H3,(H,30,31,32)/t22-,23-,25-,26-,41-/m1/s1. The number of carbonyl (C=O) groups is 1. The van der Waals surface area contributed by atoms with Gasteiger partial charge in [-0.3, -0.25) is 4.79 Å². The maximum Gasteiger partial charge on any atom is 0.287 e. The summed E-state index contributed by atoms with van der Waals surface area (Å²) in [5.41, 5.74) is 1.70. The van der Waals surface area contributed by atoms with Crippen LogP contribution in [0.3, 0.4) is 0 Å². The Morgan fingerprint density at radius 1 is 1.15 bits per heavy atom. The molecule has 5 atom stereocenters. The molecule has 0 spiro atoms. The monoisotopic (exact) mass is 581 g/mol. The highest BCUT2D eigenvalue weighted by Crippen LogP contribution is 2.36. The molecule has 4 heterocycles. The van der Waals surface area contributed by atoms with Crippen LogP contribution < -0.4 is 10.1 Å². The molecule has 11 nitrogen and oxygen atoms in total. The van der Waals surface area contributed by atoms with Crippen LogP contribution in [-0.4, -0.2) is 75.7 Å². The van der Waals surface area contributed by atoms with Crippen LogP contribution in [0.5, 0.6) is 5.75 Å². The number of ether oxygens (including phenoxy) is 4. The van der Waals surface area contributed by atoms with Gasteiger partial charge in [-0.05, 0) is 36.8 Å². The van der Waals surface area contributed by atoms with Gasteiger partial charge in [0.25, 0.3) is 5.91 Å². The van der Waals surface area contributed by atoms with Gasteiger partial charge in [0.2, 0.25) is 0 Å². The third kappa shape index (κ3) is 5.17. The molecule has 2 aliphatic heterocycles. The Labute approximate surface area is 235 Å². The number of anilines is 2. The fourth-order valence-electron chi connectivity index (χ4n) is 5.12. The molecule has 1 N–H and O–H groups in total. The molecule has 0 saturated carbocycles. The van der Waals surface area contributed by atoms with Gasteiger partial charge < -0.3 is 24.3 Å². The number of hydrogen-bond acceptors (Lipinski definition) is 9. The normalized spacial score (nSPS) is 23.2. The molecule has 0 aliphatic carbocycles. The van der Waals surface area contributed by atoms with Crippen molar-refractivity contribution in [2.45, 2.75) is 36.2 Å². The van der Waals surface area contributed by atoms with Crippen LogP contribution in [0.25, 0.3) is 5.52 Å². The van der Waals surface area contributed by atoms with Crippen LogP contribution >= 0.6 is 0 Å². The van der Waals surface area contributed by atoms with E-state index < -0.39 is 27.6 Å². The number of hydrogen-bond donors (Lipinski definition) is 1. The largest absolute Gasteiger partial charge is 0.483 e. The maximum atomic E-state index is 14.3. The zero-order valence-electron chi connectivity index (χ0n) is 22.5. The number of nitrogens with one attached hydrogen (secondary N) is 1. The summed E-state index contributed by atoms with van der Waals surface area (Å²) in [6.45, 7) is 2.38. The number of carbonyl (C=O) groups excluding carboxylic acids is 1. The summed E-state index contributed by atoms with van der Waals surface area (Å²) in [6, 6.07) is 12.7. The highest BCUT2D eigenvalue weighted by atomic mass is 32.2. The van der Waals surface area contributed by atoms with Crippen molar-refractivity contribution in [3.63, 3.8) is 0 Å². The van der Waals surface area contributed by atoms with E-state index >= 15 is 0 Å². The molecule has 13 heteroatoms. The average Bonchev–Trinajstić information content (AvgIpc) is 3.65. The molecule has 41 heavy (non-hydrogen) atoms. The predicted molar refractivity (Wildman–Crippen MR) is 148 cm³/mol. The molecule has 214 valence electrons. The zero-order valence-corrected chi connectivity index (χ0v) is 23.3. The van der Waals surface area contributed by atoms with E-state index in [4.69, 9.17) is 18.9 Å². The number of benzene rings is 2. The molecule has 2 aromatic carbocycles. The van der Waals surface area contributed by atoms with Crippen molar-refractivity contribution in [3.05, 3.63) is 78.0 Å². The van der Waals surface area contributed by atoms with Crippen LogP contribution in [-0.2, 0) is 23.9 Å². The van der Waals surface area contributed by atoms with Crippen LogP contribution in [0.2, 0.25) is 0 Å². The first-order chi connectivity index (χ1) is 19.7. The van der Waals surface area contributed by atoms with E-state index in [0.29, 0.717) is 34.1 Å². The first-order valence-corrected chi connectivity index (χ1v) is 14.8.